The lowest BCUT2D eigenvalue weighted by atomic mass is 9.92. The maximum Gasteiger partial charge on any atom is 0.333 e. The van der Waals surface area contributed by atoms with Gasteiger partial charge in [-0.2, -0.15) is 0 Å². The summed E-state index contributed by atoms with van der Waals surface area (Å²) in [5, 5.41) is 14.9. The Balaban J connectivity index is 2.01. The number of hydrogen-bond acceptors (Lipinski definition) is 2. The highest BCUT2D eigenvalue weighted by atomic mass is 16.4. The molecular weight excluding hydrogens is 268 g/mol. The van der Waals surface area contributed by atoms with Crippen molar-refractivity contribution in [2.45, 2.75) is 44.7 Å². The molecule has 5 nitrogen and oxygen atoms in total. The van der Waals surface area contributed by atoms with Crippen LogP contribution in [-0.4, -0.2) is 23.1 Å². The number of carbonyl (C=O) groups is 2. The molecule has 0 saturated heterocycles. The molecule has 2 amide bonds. The summed E-state index contributed by atoms with van der Waals surface area (Å²) in [5.41, 5.74) is -0.880. The molecule has 1 fully saturated rings. The lowest BCUT2D eigenvalue weighted by Crippen LogP contribution is -2.53. The molecule has 3 N–H and O–H groups in total. The molecule has 1 aromatic carbocycles. The Morgan fingerprint density at radius 3 is 2.57 bits per heavy atom. The predicted molar refractivity (Wildman–Crippen MR) is 79.9 cm³/mol. The number of carbonyl (C=O) groups excluding carboxylic acids is 1. The standard InChI is InChI=1S/C16H22N2O3/c1-3-7-11-10-13(11)17-15(21)18-16(2,14(19)20)12-8-5-4-6-9-12/h4-6,8-9,11,13H,3,7,10H2,1-2H3,(H,19,20)(H2,17,18,21). The van der Waals surface area contributed by atoms with Gasteiger partial charge < -0.3 is 15.7 Å². The smallest absolute Gasteiger partial charge is 0.333 e. The average Bonchev–Trinajstić information content (AvgIpc) is 3.17. The first-order valence-corrected chi connectivity index (χ1v) is 7.35. The van der Waals surface area contributed by atoms with Crippen molar-refractivity contribution in [3.8, 4) is 0 Å². The van der Waals surface area contributed by atoms with Crippen LogP contribution >= 0.6 is 0 Å². The maximum atomic E-state index is 12.1. The zero-order valence-electron chi connectivity index (χ0n) is 12.4. The van der Waals surface area contributed by atoms with Crippen LogP contribution in [0.3, 0.4) is 0 Å². The summed E-state index contributed by atoms with van der Waals surface area (Å²) in [5.74, 6) is -0.543. The second-order valence-electron chi connectivity index (χ2n) is 5.79. The van der Waals surface area contributed by atoms with Gasteiger partial charge in [-0.3, -0.25) is 0 Å². The Kier molecular flexibility index (Phi) is 4.50. The van der Waals surface area contributed by atoms with Gasteiger partial charge in [-0.1, -0.05) is 43.7 Å². The molecule has 0 aliphatic heterocycles. The molecule has 1 aliphatic rings. The molecule has 114 valence electrons. The largest absolute Gasteiger partial charge is 0.479 e. The van der Waals surface area contributed by atoms with E-state index < -0.39 is 17.5 Å². The number of nitrogens with one attached hydrogen (secondary N) is 2. The normalized spacial score (nSPS) is 23.0. The first-order chi connectivity index (χ1) is 9.97. The van der Waals surface area contributed by atoms with E-state index in [1.54, 1.807) is 24.3 Å². The fourth-order valence-electron chi connectivity index (χ4n) is 2.57. The Morgan fingerprint density at radius 2 is 2.00 bits per heavy atom. The topological polar surface area (TPSA) is 78.4 Å². The third-order valence-electron chi connectivity index (χ3n) is 4.04. The number of carboxylic acids is 1. The summed E-state index contributed by atoms with van der Waals surface area (Å²) in [6.45, 7) is 3.62. The molecule has 21 heavy (non-hydrogen) atoms. The van der Waals surface area contributed by atoms with Crippen LogP contribution < -0.4 is 10.6 Å². The summed E-state index contributed by atoms with van der Waals surface area (Å²) >= 11 is 0. The van der Waals surface area contributed by atoms with Crippen LogP contribution in [0.25, 0.3) is 0 Å². The van der Waals surface area contributed by atoms with Crippen LogP contribution in [0.5, 0.6) is 0 Å². The van der Waals surface area contributed by atoms with Gasteiger partial charge in [0.15, 0.2) is 5.54 Å². The van der Waals surface area contributed by atoms with E-state index in [4.69, 9.17) is 0 Å². The molecule has 0 bridgehead atoms. The van der Waals surface area contributed by atoms with Crippen LogP contribution in [0.4, 0.5) is 4.79 Å². The molecule has 1 saturated carbocycles. The average molecular weight is 290 g/mol. The third-order valence-corrected chi connectivity index (χ3v) is 4.04. The Bertz CT molecular complexity index is 518. The van der Waals surface area contributed by atoms with Gasteiger partial charge in [-0.25, -0.2) is 9.59 Å². The Morgan fingerprint density at radius 1 is 1.33 bits per heavy atom. The summed E-state index contributed by atoms with van der Waals surface area (Å²) < 4.78 is 0. The van der Waals surface area contributed by atoms with E-state index in [-0.39, 0.29) is 6.04 Å². The lowest BCUT2D eigenvalue weighted by molar-refractivity contribution is -0.144. The number of aliphatic carboxylic acids is 1. The molecule has 3 unspecified atom stereocenters. The van der Waals surface area contributed by atoms with Crippen molar-refractivity contribution in [1.82, 2.24) is 10.6 Å². The van der Waals surface area contributed by atoms with Crippen LogP contribution in [0.1, 0.15) is 38.7 Å². The van der Waals surface area contributed by atoms with Crippen molar-refractivity contribution in [2.75, 3.05) is 0 Å². The molecule has 0 spiro atoms. The highest BCUT2D eigenvalue weighted by Gasteiger charge is 2.40. The number of benzene rings is 1. The zero-order valence-corrected chi connectivity index (χ0v) is 12.4. The highest BCUT2D eigenvalue weighted by molar-refractivity contribution is 5.87. The number of rotatable bonds is 6. The van der Waals surface area contributed by atoms with E-state index >= 15 is 0 Å². The van der Waals surface area contributed by atoms with Gasteiger partial charge in [-0.15, -0.1) is 0 Å². The van der Waals surface area contributed by atoms with Crippen molar-refractivity contribution in [2.24, 2.45) is 5.92 Å². The maximum absolute atomic E-state index is 12.1. The van der Waals surface area contributed by atoms with Gasteiger partial charge in [0.1, 0.15) is 0 Å². The zero-order chi connectivity index (χ0) is 15.5. The van der Waals surface area contributed by atoms with Crippen molar-refractivity contribution >= 4 is 12.0 Å². The number of carboxylic acid groups (broad SMARTS) is 1. The third kappa shape index (κ3) is 3.54. The lowest BCUT2D eigenvalue weighted by Gasteiger charge is -2.27. The van der Waals surface area contributed by atoms with Crippen molar-refractivity contribution in [3.63, 3.8) is 0 Å². The summed E-state index contributed by atoms with van der Waals surface area (Å²) in [6, 6.07) is 8.48. The minimum Gasteiger partial charge on any atom is -0.479 e. The van der Waals surface area contributed by atoms with Crippen LogP contribution in [0, 0.1) is 5.92 Å². The van der Waals surface area contributed by atoms with E-state index in [9.17, 15) is 14.7 Å². The number of urea groups is 1. The first-order valence-electron chi connectivity index (χ1n) is 7.35. The minimum atomic E-state index is -1.43. The van der Waals surface area contributed by atoms with E-state index in [2.05, 4.69) is 17.6 Å². The van der Waals surface area contributed by atoms with Gasteiger partial charge in [0, 0.05) is 6.04 Å². The highest BCUT2D eigenvalue weighted by Crippen LogP contribution is 2.34. The van der Waals surface area contributed by atoms with Crippen LogP contribution in [0.15, 0.2) is 30.3 Å². The molecule has 0 radical (unpaired) electrons. The van der Waals surface area contributed by atoms with Crippen molar-refractivity contribution in [1.29, 1.82) is 0 Å². The number of hydrogen-bond donors (Lipinski definition) is 3. The molecule has 1 aromatic rings. The van der Waals surface area contributed by atoms with Crippen LogP contribution in [0.2, 0.25) is 0 Å². The van der Waals surface area contributed by atoms with E-state index in [1.165, 1.54) is 6.92 Å². The number of amides is 2. The quantitative estimate of drug-likeness (QED) is 0.753. The fourth-order valence-corrected chi connectivity index (χ4v) is 2.57. The van der Waals surface area contributed by atoms with Crippen molar-refractivity contribution < 1.29 is 14.7 Å². The second-order valence-corrected chi connectivity index (χ2v) is 5.79. The molecule has 0 heterocycles. The molecule has 2 rings (SSSR count). The van der Waals surface area contributed by atoms with Gasteiger partial charge in [0.25, 0.3) is 0 Å². The molecule has 5 heteroatoms. The monoisotopic (exact) mass is 290 g/mol. The summed E-state index contributed by atoms with van der Waals surface area (Å²) in [7, 11) is 0. The van der Waals surface area contributed by atoms with Crippen molar-refractivity contribution in [3.05, 3.63) is 35.9 Å². The predicted octanol–water partition coefficient (Wildman–Crippen LogP) is 2.47. The Hall–Kier alpha value is -2.04. The Labute approximate surface area is 124 Å². The molecule has 0 aromatic heterocycles. The molecule has 3 atom stereocenters. The first kappa shape index (κ1) is 15.4. The fraction of sp³-hybridized carbons (Fsp3) is 0.500. The molecule has 1 aliphatic carbocycles. The van der Waals surface area contributed by atoms with Gasteiger partial charge in [-0.05, 0) is 31.2 Å². The summed E-state index contributed by atoms with van der Waals surface area (Å²) in [4.78, 5) is 23.6. The minimum absolute atomic E-state index is 0.179. The second kappa shape index (κ2) is 6.16. The van der Waals surface area contributed by atoms with E-state index in [0.29, 0.717) is 11.5 Å². The molecular formula is C16H22N2O3. The van der Waals surface area contributed by atoms with E-state index in [1.807, 2.05) is 6.07 Å². The SMILES string of the molecule is CCCC1CC1NC(=O)NC(C)(C(=O)O)c1ccccc1. The van der Waals surface area contributed by atoms with Gasteiger partial charge in [0.2, 0.25) is 0 Å². The van der Waals surface area contributed by atoms with Gasteiger partial charge >= 0.3 is 12.0 Å². The van der Waals surface area contributed by atoms with Gasteiger partial charge in [0.05, 0.1) is 0 Å². The summed E-state index contributed by atoms with van der Waals surface area (Å²) in [6.07, 6.45) is 3.18. The van der Waals surface area contributed by atoms with E-state index in [0.717, 1.165) is 19.3 Å². The van der Waals surface area contributed by atoms with Crippen LogP contribution in [-0.2, 0) is 10.3 Å².